The summed E-state index contributed by atoms with van der Waals surface area (Å²) in [5.41, 5.74) is 0.140. The predicted molar refractivity (Wildman–Crippen MR) is 84.2 cm³/mol. The Hall–Kier alpha value is -2.97. The molecule has 1 aliphatic heterocycles. The highest BCUT2D eigenvalue weighted by Gasteiger charge is 2.28. The number of rotatable bonds is 3. The first-order valence-electron chi connectivity index (χ1n) is 7.89. The van der Waals surface area contributed by atoms with Crippen LogP contribution in [0, 0.1) is 5.82 Å². The van der Waals surface area contributed by atoms with Crippen LogP contribution in [0.4, 0.5) is 9.18 Å². The molecule has 0 unspecified atom stereocenters. The number of aromatic nitrogens is 2. The van der Waals surface area contributed by atoms with Crippen molar-refractivity contribution >= 4 is 12.0 Å². The van der Waals surface area contributed by atoms with Crippen LogP contribution in [0.1, 0.15) is 17.6 Å². The van der Waals surface area contributed by atoms with E-state index in [0.29, 0.717) is 32.8 Å². The Labute approximate surface area is 143 Å². The van der Waals surface area contributed by atoms with Gasteiger partial charge in [-0.2, -0.15) is 0 Å². The topological polar surface area (TPSA) is 88.8 Å². The van der Waals surface area contributed by atoms with Gasteiger partial charge in [-0.25, -0.2) is 9.18 Å². The second kappa shape index (κ2) is 7.29. The summed E-state index contributed by atoms with van der Waals surface area (Å²) >= 11 is 0. The molecule has 1 aromatic heterocycles. The van der Waals surface area contributed by atoms with Crippen molar-refractivity contribution < 1.29 is 23.1 Å². The zero-order valence-electron chi connectivity index (χ0n) is 13.6. The molecule has 9 heteroatoms. The fourth-order valence-electron chi connectivity index (χ4n) is 2.50. The number of ether oxygens (including phenoxy) is 1. The van der Waals surface area contributed by atoms with Crippen LogP contribution in [-0.4, -0.2) is 64.8 Å². The Morgan fingerprint density at radius 2 is 1.84 bits per heavy atom. The van der Waals surface area contributed by atoms with Gasteiger partial charge >= 0.3 is 17.9 Å². The number of piperazine rings is 1. The highest BCUT2D eigenvalue weighted by molar-refractivity contribution is 5.90. The Morgan fingerprint density at radius 3 is 2.52 bits per heavy atom. The highest BCUT2D eigenvalue weighted by atomic mass is 19.1. The third-order valence-electron chi connectivity index (χ3n) is 3.81. The zero-order chi connectivity index (χ0) is 17.8. The quantitative estimate of drug-likeness (QED) is 0.840. The van der Waals surface area contributed by atoms with Gasteiger partial charge in [0.25, 0.3) is 5.89 Å². The normalized spacial score (nSPS) is 14.5. The number of hydrogen-bond acceptors (Lipinski definition) is 6. The molecule has 1 fully saturated rings. The second-order valence-corrected chi connectivity index (χ2v) is 5.37. The lowest BCUT2D eigenvalue weighted by Gasteiger charge is -2.33. The van der Waals surface area contributed by atoms with Gasteiger partial charge in [0, 0.05) is 26.2 Å². The molecular weight excluding hydrogens is 331 g/mol. The maximum absolute atomic E-state index is 13.7. The third kappa shape index (κ3) is 3.59. The molecule has 2 aromatic rings. The van der Waals surface area contributed by atoms with E-state index in [0.717, 1.165) is 0 Å². The van der Waals surface area contributed by atoms with Crippen molar-refractivity contribution in [2.24, 2.45) is 0 Å². The Morgan fingerprint density at radius 1 is 1.16 bits per heavy atom. The van der Waals surface area contributed by atoms with E-state index < -0.39 is 17.8 Å². The predicted octanol–water partition coefficient (Wildman–Crippen LogP) is 1.79. The standard InChI is InChI=1S/C16H17FN4O4/c1-2-24-16(23)21-9-7-20(8-10-21)15(22)14-19-18-13(25-14)11-5-3-4-6-12(11)17/h3-6H,2,7-10H2,1H3. The largest absolute Gasteiger partial charge is 0.450 e. The lowest BCUT2D eigenvalue weighted by Crippen LogP contribution is -2.50. The number of hydrogen-bond donors (Lipinski definition) is 0. The van der Waals surface area contributed by atoms with Crippen molar-refractivity contribution in [2.45, 2.75) is 6.92 Å². The number of halogens is 1. The second-order valence-electron chi connectivity index (χ2n) is 5.37. The first-order valence-corrected chi connectivity index (χ1v) is 7.89. The van der Waals surface area contributed by atoms with Crippen molar-refractivity contribution in [1.29, 1.82) is 0 Å². The summed E-state index contributed by atoms with van der Waals surface area (Å²) in [5, 5.41) is 7.45. The van der Waals surface area contributed by atoms with Crippen molar-refractivity contribution in [3.05, 3.63) is 36.0 Å². The average molecular weight is 348 g/mol. The summed E-state index contributed by atoms with van der Waals surface area (Å²) in [6.45, 7) is 3.42. The summed E-state index contributed by atoms with van der Waals surface area (Å²) in [7, 11) is 0. The monoisotopic (exact) mass is 348 g/mol. The molecule has 2 heterocycles. The number of carbonyl (C=O) groups excluding carboxylic acids is 2. The Kier molecular flexibility index (Phi) is 4.92. The van der Waals surface area contributed by atoms with Crippen LogP contribution < -0.4 is 0 Å². The average Bonchev–Trinajstić information content (AvgIpc) is 3.11. The minimum absolute atomic E-state index is 0.0494. The van der Waals surface area contributed by atoms with Crippen molar-refractivity contribution in [3.8, 4) is 11.5 Å². The summed E-state index contributed by atoms with van der Waals surface area (Å²) in [5.74, 6) is -1.21. The molecule has 0 bridgehead atoms. The maximum atomic E-state index is 13.7. The molecule has 0 saturated carbocycles. The van der Waals surface area contributed by atoms with Gasteiger partial charge < -0.3 is 19.0 Å². The lowest BCUT2D eigenvalue weighted by atomic mass is 10.2. The molecule has 0 aliphatic carbocycles. The van der Waals surface area contributed by atoms with Crippen molar-refractivity contribution in [2.75, 3.05) is 32.8 Å². The molecule has 0 spiro atoms. The van der Waals surface area contributed by atoms with E-state index in [2.05, 4.69) is 10.2 Å². The zero-order valence-corrected chi connectivity index (χ0v) is 13.6. The van der Waals surface area contributed by atoms with E-state index in [1.165, 1.54) is 21.9 Å². The molecule has 0 atom stereocenters. The molecular formula is C16H17FN4O4. The molecule has 25 heavy (non-hydrogen) atoms. The molecule has 132 valence electrons. The fraction of sp³-hybridized carbons (Fsp3) is 0.375. The summed E-state index contributed by atoms with van der Waals surface area (Å²) in [6, 6.07) is 5.95. The molecule has 3 rings (SSSR count). The van der Waals surface area contributed by atoms with Crippen LogP contribution in [-0.2, 0) is 4.74 Å². The number of nitrogens with zero attached hydrogens (tertiary/aromatic N) is 4. The Bertz CT molecular complexity index is 771. The van der Waals surface area contributed by atoms with Gasteiger partial charge in [0.2, 0.25) is 0 Å². The van der Waals surface area contributed by atoms with E-state index in [-0.39, 0.29) is 17.3 Å². The van der Waals surface area contributed by atoms with Gasteiger partial charge in [-0.3, -0.25) is 4.79 Å². The summed E-state index contributed by atoms with van der Waals surface area (Å²) in [4.78, 5) is 27.1. The lowest BCUT2D eigenvalue weighted by molar-refractivity contribution is 0.0540. The smallest absolute Gasteiger partial charge is 0.409 e. The number of carbonyl (C=O) groups is 2. The summed E-state index contributed by atoms with van der Waals surface area (Å²) in [6.07, 6.45) is -0.394. The van der Waals surface area contributed by atoms with Gasteiger partial charge in [-0.1, -0.05) is 12.1 Å². The van der Waals surface area contributed by atoms with E-state index in [1.54, 1.807) is 19.1 Å². The SMILES string of the molecule is CCOC(=O)N1CCN(C(=O)c2nnc(-c3ccccc3F)o2)CC1. The van der Waals surface area contributed by atoms with Gasteiger partial charge in [0.15, 0.2) is 0 Å². The highest BCUT2D eigenvalue weighted by Crippen LogP contribution is 2.21. The van der Waals surface area contributed by atoms with E-state index in [1.807, 2.05) is 0 Å². The first-order chi connectivity index (χ1) is 12.1. The van der Waals surface area contributed by atoms with Crippen LogP contribution in [0.5, 0.6) is 0 Å². The van der Waals surface area contributed by atoms with Crippen LogP contribution in [0.3, 0.4) is 0 Å². The molecule has 1 aromatic carbocycles. The molecule has 8 nitrogen and oxygen atoms in total. The van der Waals surface area contributed by atoms with Gasteiger partial charge in [-0.05, 0) is 19.1 Å². The molecule has 2 amide bonds. The first kappa shape index (κ1) is 16.9. The molecule has 0 N–H and O–H groups in total. The van der Waals surface area contributed by atoms with Crippen LogP contribution in [0.2, 0.25) is 0 Å². The van der Waals surface area contributed by atoms with E-state index in [9.17, 15) is 14.0 Å². The van der Waals surface area contributed by atoms with Crippen LogP contribution >= 0.6 is 0 Å². The van der Waals surface area contributed by atoms with Crippen LogP contribution in [0.15, 0.2) is 28.7 Å². The molecule has 1 saturated heterocycles. The molecule has 1 aliphatic rings. The number of amides is 2. The van der Waals surface area contributed by atoms with Gasteiger partial charge in [-0.15, -0.1) is 10.2 Å². The van der Waals surface area contributed by atoms with Gasteiger partial charge in [0.05, 0.1) is 12.2 Å². The van der Waals surface area contributed by atoms with Crippen LogP contribution in [0.25, 0.3) is 11.5 Å². The van der Waals surface area contributed by atoms with E-state index >= 15 is 0 Å². The summed E-state index contributed by atoms with van der Waals surface area (Å²) < 4.78 is 24.0. The number of benzene rings is 1. The fourth-order valence-corrected chi connectivity index (χ4v) is 2.50. The minimum atomic E-state index is -0.506. The third-order valence-corrected chi connectivity index (χ3v) is 3.81. The van der Waals surface area contributed by atoms with Crippen molar-refractivity contribution in [1.82, 2.24) is 20.0 Å². The van der Waals surface area contributed by atoms with E-state index in [4.69, 9.17) is 9.15 Å². The van der Waals surface area contributed by atoms with Gasteiger partial charge in [0.1, 0.15) is 5.82 Å². The molecule has 0 radical (unpaired) electrons. The Balaban J connectivity index is 1.65. The minimum Gasteiger partial charge on any atom is -0.450 e. The van der Waals surface area contributed by atoms with Crippen molar-refractivity contribution in [3.63, 3.8) is 0 Å². The maximum Gasteiger partial charge on any atom is 0.409 e.